The molecule has 0 bridgehead atoms. The number of piperidine rings is 1. The molecule has 3 heterocycles. The molecule has 23 heavy (non-hydrogen) atoms. The molecule has 1 N–H and O–H groups in total. The van der Waals surface area contributed by atoms with Crippen LogP contribution in [0.1, 0.15) is 55.9 Å². The molecule has 0 aromatic carbocycles. The topological polar surface area (TPSA) is 43.8 Å². The maximum absolute atomic E-state index is 12.3. The Bertz CT molecular complexity index is 485. The predicted octanol–water partition coefficient (Wildman–Crippen LogP) is 3.04. The van der Waals surface area contributed by atoms with Gasteiger partial charge in [-0.15, -0.1) is 11.3 Å². The molecule has 2 unspecified atom stereocenters. The third-order valence-electron chi connectivity index (χ3n) is 5.19. The van der Waals surface area contributed by atoms with Crippen molar-refractivity contribution in [1.29, 1.82) is 0 Å². The number of hydrogen-bond donors (Lipinski definition) is 1. The fourth-order valence-corrected chi connectivity index (χ4v) is 4.58. The van der Waals surface area contributed by atoms with Crippen molar-refractivity contribution in [2.24, 2.45) is 0 Å². The van der Waals surface area contributed by atoms with Crippen LogP contribution in [0.5, 0.6) is 0 Å². The maximum atomic E-state index is 12.3. The highest BCUT2D eigenvalue weighted by atomic mass is 32.1. The van der Waals surface area contributed by atoms with E-state index in [1.807, 2.05) is 22.4 Å². The fraction of sp³-hybridized carbons (Fsp3) is 0.722. The van der Waals surface area contributed by atoms with E-state index in [9.17, 15) is 9.90 Å². The fourth-order valence-electron chi connectivity index (χ4n) is 3.85. The van der Waals surface area contributed by atoms with Crippen molar-refractivity contribution in [2.45, 2.75) is 57.1 Å². The van der Waals surface area contributed by atoms with Crippen LogP contribution in [0, 0.1) is 0 Å². The minimum Gasteiger partial charge on any atom is -0.388 e. The summed E-state index contributed by atoms with van der Waals surface area (Å²) >= 11 is 1.62. The number of aliphatic hydroxyl groups excluding tert-OH is 1. The molecule has 2 aliphatic heterocycles. The van der Waals surface area contributed by atoms with Gasteiger partial charge in [0.15, 0.2) is 0 Å². The van der Waals surface area contributed by atoms with Crippen molar-refractivity contribution in [3.8, 4) is 0 Å². The Morgan fingerprint density at radius 3 is 2.83 bits per heavy atom. The number of nitrogens with zero attached hydrogens (tertiary/aromatic N) is 2. The predicted molar refractivity (Wildman–Crippen MR) is 93.5 cm³/mol. The Kier molecular flexibility index (Phi) is 6.08. The standard InChI is InChI=1S/C18H28N2O2S/c21-16(17-7-5-13-23-17)14-15-6-4-11-19(15)12-8-18(22)20-9-2-1-3-10-20/h5,7,13,15-16,21H,1-4,6,8-12,14H2. The van der Waals surface area contributed by atoms with Gasteiger partial charge in [0.1, 0.15) is 0 Å². The number of carbonyl (C=O) groups is 1. The average Bonchev–Trinajstić information content (AvgIpc) is 3.25. The zero-order chi connectivity index (χ0) is 16.1. The molecule has 3 rings (SSSR count). The monoisotopic (exact) mass is 336 g/mol. The number of hydrogen-bond acceptors (Lipinski definition) is 4. The number of rotatable bonds is 6. The Labute approximate surface area is 143 Å². The molecule has 2 atom stereocenters. The number of likely N-dealkylation sites (tertiary alicyclic amines) is 2. The van der Waals surface area contributed by atoms with E-state index in [0.29, 0.717) is 18.4 Å². The molecule has 1 aromatic rings. The second kappa shape index (κ2) is 8.27. The van der Waals surface area contributed by atoms with Crippen molar-refractivity contribution in [2.75, 3.05) is 26.2 Å². The first kappa shape index (κ1) is 16.9. The lowest BCUT2D eigenvalue weighted by molar-refractivity contribution is -0.132. The summed E-state index contributed by atoms with van der Waals surface area (Å²) in [5.41, 5.74) is 0. The van der Waals surface area contributed by atoms with Crippen molar-refractivity contribution in [3.05, 3.63) is 22.4 Å². The van der Waals surface area contributed by atoms with Gasteiger partial charge in [-0.25, -0.2) is 0 Å². The Morgan fingerprint density at radius 1 is 1.26 bits per heavy atom. The molecule has 2 aliphatic rings. The number of thiophene rings is 1. The van der Waals surface area contributed by atoms with E-state index in [1.54, 1.807) is 11.3 Å². The Balaban J connectivity index is 1.46. The molecule has 1 aromatic heterocycles. The van der Waals surface area contributed by atoms with Crippen LogP contribution in [-0.2, 0) is 4.79 Å². The summed E-state index contributed by atoms with van der Waals surface area (Å²) in [7, 11) is 0. The Hall–Kier alpha value is -0.910. The van der Waals surface area contributed by atoms with E-state index in [0.717, 1.165) is 56.7 Å². The highest BCUT2D eigenvalue weighted by molar-refractivity contribution is 7.10. The summed E-state index contributed by atoms with van der Waals surface area (Å²) in [5, 5.41) is 12.4. The highest BCUT2D eigenvalue weighted by Gasteiger charge is 2.28. The van der Waals surface area contributed by atoms with Gasteiger partial charge in [-0.2, -0.15) is 0 Å². The zero-order valence-corrected chi connectivity index (χ0v) is 14.6. The van der Waals surface area contributed by atoms with Gasteiger partial charge < -0.3 is 10.0 Å². The summed E-state index contributed by atoms with van der Waals surface area (Å²) in [6.07, 6.45) is 6.96. The van der Waals surface area contributed by atoms with Gasteiger partial charge in [0.05, 0.1) is 6.10 Å². The van der Waals surface area contributed by atoms with Crippen LogP contribution >= 0.6 is 11.3 Å². The highest BCUT2D eigenvalue weighted by Crippen LogP contribution is 2.29. The van der Waals surface area contributed by atoms with E-state index in [2.05, 4.69) is 4.90 Å². The molecule has 0 radical (unpaired) electrons. The summed E-state index contributed by atoms with van der Waals surface area (Å²) < 4.78 is 0. The summed E-state index contributed by atoms with van der Waals surface area (Å²) in [6.45, 7) is 3.80. The second-order valence-corrected chi connectivity index (χ2v) is 7.77. The molecule has 128 valence electrons. The lowest BCUT2D eigenvalue weighted by Crippen LogP contribution is -2.39. The van der Waals surface area contributed by atoms with E-state index in [4.69, 9.17) is 0 Å². The first-order chi connectivity index (χ1) is 11.2. The van der Waals surface area contributed by atoms with Crippen LogP contribution in [0.2, 0.25) is 0 Å². The smallest absolute Gasteiger partial charge is 0.223 e. The molecule has 2 saturated heterocycles. The quantitative estimate of drug-likeness (QED) is 0.868. The molecular formula is C18H28N2O2S. The van der Waals surface area contributed by atoms with Crippen LogP contribution in [0.25, 0.3) is 0 Å². The van der Waals surface area contributed by atoms with E-state index >= 15 is 0 Å². The van der Waals surface area contributed by atoms with E-state index in [1.165, 1.54) is 12.8 Å². The van der Waals surface area contributed by atoms with Gasteiger partial charge >= 0.3 is 0 Å². The minimum absolute atomic E-state index is 0.314. The summed E-state index contributed by atoms with van der Waals surface area (Å²) in [4.78, 5) is 17.8. The van der Waals surface area contributed by atoms with Crippen LogP contribution in [0.4, 0.5) is 0 Å². The lowest BCUT2D eigenvalue weighted by Gasteiger charge is -2.29. The molecule has 0 saturated carbocycles. The van der Waals surface area contributed by atoms with E-state index in [-0.39, 0.29) is 6.10 Å². The van der Waals surface area contributed by atoms with Crippen LogP contribution in [0.15, 0.2) is 17.5 Å². The molecule has 0 spiro atoms. The van der Waals surface area contributed by atoms with Gasteiger partial charge in [0.25, 0.3) is 0 Å². The summed E-state index contributed by atoms with van der Waals surface area (Å²) in [6, 6.07) is 4.42. The third-order valence-corrected chi connectivity index (χ3v) is 6.16. The third kappa shape index (κ3) is 4.55. The van der Waals surface area contributed by atoms with Gasteiger partial charge in [0.2, 0.25) is 5.91 Å². The molecule has 0 aliphatic carbocycles. The average molecular weight is 337 g/mol. The van der Waals surface area contributed by atoms with Crippen molar-refractivity contribution in [1.82, 2.24) is 9.80 Å². The zero-order valence-electron chi connectivity index (χ0n) is 13.8. The van der Waals surface area contributed by atoms with Crippen molar-refractivity contribution < 1.29 is 9.90 Å². The van der Waals surface area contributed by atoms with Gasteiger partial charge in [-0.1, -0.05) is 6.07 Å². The van der Waals surface area contributed by atoms with Crippen molar-refractivity contribution in [3.63, 3.8) is 0 Å². The summed E-state index contributed by atoms with van der Waals surface area (Å²) in [5.74, 6) is 0.314. The molecule has 4 nitrogen and oxygen atoms in total. The van der Waals surface area contributed by atoms with Gasteiger partial charge in [-0.05, 0) is 56.5 Å². The number of amides is 1. The number of carbonyl (C=O) groups excluding carboxylic acids is 1. The molecule has 2 fully saturated rings. The van der Waals surface area contributed by atoms with Crippen molar-refractivity contribution >= 4 is 17.2 Å². The van der Waals surface area contributed by atoms with E-state index < -0.39 is 0 Å². The first-order valence-electron chi connectivity index (χ1n) is 8.97. The molecule has 1 amide bonds. The first-order valence-corrected chi connectivity index (χ1v) is 9.85. The van der Waals surface area contributed by atoms with Crippen LogP contribution in [0.3, 0.4) is 0 Å². The molecular weight excluding hydrogens is 308 g/mol. The number of aliphatic hydroxyl groups is 1. The van der Waals surface area contributed by atoms with Gasteiger partial charge in [-0.3, -0.25) is 9.69 Å². The van der Waals surface area contributed by atoms with Crippen LogP contribution < -0.4 is 0 Å². The van der Waals surface area contributed by atoms with Gasteiger partial charge in [0, 0.05) is 37.0 Å². The normalized spacial score (nSPS) is 24.0. The minimum atomic E-state index is -0.363. The largest absolute Gasteiger partial charge is 0.388 e. The SMILES string of the molecule is O=C(CCN1CCCC1CC(O)c1cccs1)N1CCCCC1. The molecule has 5 heteroatoms. The lowest BCUT2D eigenvalue weighted by atomic mass is 10.1. The maximum Gasteiger partial charge on any atom is 0.223 e. The Morgan fingerprint density at radius 2 is 2.09 bits per heavy atom. The second-order valence-electron chi connectivity index (χ2n) is 6.79. The van der Waals surface area contributed by atoms with Crippen LogP contribution in [-0.4, -0.2) is 53.0 Å².